The third kappa shape index (κ3) is 1.78. The Morgan fingerprint density at radius 3 is 3.15 bits per heavy atom. The van der Waals surface area contributed by atoms with Crippen molar-refractivity contribution in [2.45, 2.75) is 6.42 Å². The summed E-state index contributed by atoms with van der Waals surface area (Å²) in [6.07, 6.45) is 3.33. The van der Waals surface area contributed by atoms with Crippen molar-refractivity contribution in [1.82, 2.24) is 20.2 Å². The van der Waals surface area contributed by atoms with Gasteiger partial charge in [0.1, 0.15) is 6.33 Å². The van der Waals surface area contributed by atoms with Crippen molar-refractivity contribution in [2.24, 2.45) is 0 Å². The highest BCUT2D eigenvalue weighted by Gasteiger charge is 2.10. The molecule has 0 saturated carbocycles. The second kappa shape index (κ2) is 3.44. The standard InChI is InChI=1S/C7H6N4OS/c12-6(7-9-3-10-11-7)1-5-2-8-4-13-5/h2-4H,1H2,(H,9,10,11). The van der Waals surface area contributed by atoms with Gasteiger partial charge in [0.25, 0.3) is 0 Å². The van der Waals surface area contributed by atoms with Crippen LogP contribution in [0, 0.1) is 0 Å². The zero-order chi connectivity index (χ0) is 9.10. The second-order valence-electron chi connectivity index (χ2n) is 2.40. The summed E-state index contributed by atoms with van der Waals surface area (Å²) >= 11 is 1.45. The molecule has 0 unspecified atom stereocenters. The van der Waals surface area contributed by atoms with E-state index in [1.54, 1.807) is 11.7 Å². The molecular formula is C7H6N4OS. The average Bonchev–Trinajstić information content (AvgIpc) is 2.74. The van der Waals surface area contributed by atoms with E-state index in [1.807, 2.05) is 0 Å². The maximum absolute atomic E-state index is 11.4. The van der Waals surface area contributed by atoms with Crippen molar-refractivity contribution >= 4 is 17.1 Å². The Labute approximate surface area is 77.9 Å². The molecule has 0 aliphatic heterocycles. The van der Waals surface area contributed by atoms with Crippen LogP contribution in [0.3, 0.4) is 0 Å². The summed E-state index contributed by atoms with van der Waals surface area (Å²) in [5.41, 5.74) is 1.70. The average molecular weight is 194 g/mol. The van der Waals surface area contributed by atoms with Crippen LogP contribution in [0.25, 0.3) is 0 Å². The molecule has 6 heteroatoms. The Hall–Kier alpha value is -1.56. The molecule has 0 aromatic carbocycles. The van der Waals surface area contributed by atoms with E-state index in [0.29, 0.717) is 12.2 Å². The van der Waals surface area contributed by atoms with E-state index in [2.05, 4.69) is 20.2 Å². The molecular weight excluding hydrogens is 188 g/mol. The van der Waals surface area contributed by atoms with Crippen LogP contribution in [-0.4, -0.2) is 25.9 Å². The Morgan fingerprint density at radius 1 is 1.62 bits per heavy atom. The van der Waals surface area contributed by atoms with Crippen molar-refractivity contribution in [2.75, 3.05) is 0 Å². The zero-order valence-corrected chi connectivity index (χ0v) is 7.41. The lowest BCUT2D eigenvalue weighted by molar-refractivity contribution is 0.0984. The number of aromatic amines is 1. The summed E-state index contributed by atoms with van der Waals surface area (Å²) in [4.78, 5) is 20.0. The van der Waals surface area contributed by atoms with E-state index < -0.39 is 0 Å². The van der Waals surface area contributed by atoms with Crippen LogP contribution >= 0.6 is 11.3 Å². The topological polar surface area (TPSA) is 71.5 Å². The van der Waals surface area contributed by atoms with Gasteiger partial charge in [0.15, 0.2) is 5.82 Å². The molecule has 2 heterocycles. The quantitative estimate of drug-likeness (QED) is 0.729. The Balaban J connectivity index is 2.08. The molecule has 1 N–H and O–H groups in total. The van der Waals surface area contributed by atoms with Crippen LogP contribution in [0.5, 0.6) is 0 Å². The number of nitrogens with one attached hydrogen (secondary N) is 1. The number of aromatic nitrogens is 4. The highest BCUT2D eigenvalue weighted by atomic mass is 32.1. The number of rotatable bonds is 3. The Morgan fingerprint density at radius 2 is 2.54 bits per heavy atom. The summed E-state index contributed by atoms with van der Waals surface area (Å²) in [6.45, 7) is 0. The number of carbonyl (C=O) groups is 1. The van der Waals surface area contributed by atoms with E-state index in [-0.39, 0.29) is 5.78 Å². The monoisotopic (exact) mass is 194 g/mol. The number of hydrogen-bond acceptors (Lipinski definition) is 5. The second-order valence-corrected chi connectivity index (χ2v) is 3.37. The SMILES string of the molecule is O=C(Cc1cncs1)c1ncn[nH]1. The van der Waals surface area contributed by atoms with E-state index in [0.717, 1.165) is 4.88 Å². The molecule has 0 aliphatic carbocycles. The molecule has 0 bridgehead atoms. The third-order valence-electron chi connectivity index (χ3n) is 1.50. The van der Waals surface area contributed by atoms with Gasteiger partial charge in [-0.3, -0.25) is 14.9 Å². The number of ketones is 1. The maximum Gasteiger partial charge on any atom is 0.204 e. The van der Waals surface area contributed by atoms with Gasteiger partial charge in [-0.1, -0.05) is 0 Å². The van der Waals surface area contributed by atoms with Gasteiger partial charge in [0.05, 0.1) is 11.9 Å². The Kier molecular flexibility index (Phi) is 2.13. The van der Waals surface area contributed by atoms with Gasteiger partial charge in [0, 0.05) is 11.1 Å². The van der Waals surface area contributed by atoms with Crippen LogP contribution < -0.4 is 0 Å². The summed E-state index contributed by atoms with van der Waals surface area (Å²) in [6, 6.07) is 0. The minimum atomic E-state index is -0.0678. The Bertz CT molecular complexity index is 381. The van der Waals surface area contributed by atoms with Gasteiger partial charge < -0.3 is 0 Å². The molecule has 0 atom stereocenters. The predicted molar refractivity (Wildman–Crippen MR) is 46.5 cm³/mol. The molecule has 5 nitrogen and oxygen atoms in total. The molecule has 0 fully saturated rings. The van der Waals surface area contributed by atoms with Crippen molar-refractivity contribution < 1.29 is 4.79 Å². The smallest absolute Gasteiger partial charge is 0.204 e. The predicted octanol–water partition coefficient (Wildman–Crippen LogP) is 0.687. The van der Waals surface area contributed by atoms with Crippen molar-refractivity contribution in [1.29, 1.82) is 0 Å². The molecule has 0 spiro atoms. The summed E-state index contributed by atoms with van der Waals surface area (Å²) in [5.74, 6) is 0.232. The first-order valence-electron chi connectivity index (χ1n) is 3.62. The highest BCUT2D eigenvalue weighted by molar-refractivity contribution is 7.09. The van der Waals surface area contributed by atoms with Gasteiger partial charge in [-0.2, -0.15) is 5.10 Å². The van der Waals surface area contributed by atoms with E-state index in [1.165, 1.54) is 17.7 Å². The number of H-pyrrole nitrogens is 1. The number of thiazole rings is 1. The summed E-state index contributed by atoms with van der Waals surface area (Å²) in [7, 11) is 0. The van der Waals surface area contributed by atoms with Crippen LogP contribution in [0.2, 0.25) is 0 Å². The first kappa shape index (κ1) is 8.06. The van der Waals surface area contributed by atoms with Crippen LogP contribution in [0.4, 0.5) is 0 Å². The first-order valence-corrected chi connectivity index (χ1v) is 4.50. The number of nitrogens with zero attached hydrogens (tertiary/aromatic N) is 3. The van der Waals surface area contributed by atoms with Crippen molar-refractivity contribution in [3.8, 4) is 0 Å². The number of Topliss-reactive ketones (excluding diaryl/α,β-unsaturated/α-hetero) is 1. The first-order chi connectivity index (χ1) is 6.36. The third-order valence-corrected chi connectivity index (χ3v) is 2.28. The van der Waals surface area contributed by atoms with Crippen LogP contribution in [0.1, 0.15) is 15.5 Å². The molecule has 2 aromatic rings. The van der Waals surface area contributed by atoms with Crippen molar-refractivity contribution in [3.05, 3.63) is 28.7 Å². The lowest BCUT2D eigenvalue weighted by Crippen LogP contribution is -2.04. The lowest BCUT2D eigenvalue weighted by atomic mass is 10.2. The van der Waals surface area contributed by atoms with Crippen LogP contribution in [0.15, 0.2) is 18.0 Å². The minimum absolute atomic E-state index is 0.0678. The summed E-state index contributed by atoms with van der Waals surface area (Å²) in [5, 5.41) is 6.13. The molecule has 0 aliphatic rings. The number of carbonyl (C=O) groups excluding carboxylic acids is 1. The van der Waals surface area contributed by atoms with Gasteiger partial charge in [-0.15, -0.1) is 11.3 Å². The van der Waals surface area contributed by atoms with E-state index in [9.17, 15) is 4.79 Å². The van der Waals surface area contributed by atoms with Crippen molar-refractivity contribution in [3.63, 3.8) is 0 Å². The largest absolute Gasteiger partial charge is 0.290 e. The summed E-state index contributed by atoms with van der Waals surface area (Å²) < 4.78 is 0. The molecule has 0 radical (unpaired) electrons. The lowest BCUT2D eigenvalue weighted by Gasteiger charge is -1.91. The molecule has 2 aromatic heterocycles. The fourth-order valence-corrected chi connectivity index (χ4v) is 1.50. The number of hydrogen-bond donors (Lipinski definition) is 1. The minimum Gasteiger partial charge on any atom is -0.290 e. The molecule has 0 amide bonds. The molecule has 66 valence electrons. The van der Waals surface area contributed by atoms with E-state index in [4.69, 9.17) is 0 Å². The fraction of sp³-hybridized carbons (Fsp3) is 0.143. The normalized spacial score (nSPS) is 10.2. The fourth-order valence-electron chi connectivity index (χ4n) is 0.911. The highest BCUT2D eigenvalue weighted by Crippen LogP contribution is 2.08. The maximum atomic E-state index is 11.4. The molecule has 0 saturated heterocycles. The van der Waals surface area contributed by atoms with Gasteiger partial charge >= 0.3 is 0 Å². The van der Waals surface area contributed by atoms with Gasteiger partial charge in [-0.25, -0.2) is 4.98 Å². The van der Waals surface area contributed by atoms with Gasteiger partial charge in [0.2, 0.25) is 5.78 Å². The van der Waals surface area contributed by atoms with E-state index >= 15 is 0 Å². The zero-order valence-electron chi connectivity index (χ0n) is 6.60. The van der Waals surface area contributed by atoms with Crippen LogP contribution in [-0.2, 0) is 6.42 Å². The molecule has 2 rings (SSSR count). The van der Waals surface area contributed by atoms with Gasteiger partial charge in [-0.05, 0) is 0 Å². The molecule has 13 heavy (non-hydrogen) atoms.